The normalized spacial score (nSPS) is 16.8. The Hall–Kier alpha value is 0.690. The number of rotatable bonds is 14. The van der Waals surface area contributed by atoms with E-state index in [0.29, 0.717) is 0 Å². The topological polar surface area (TPSA) is 81.6 Å². The molecule has 0 saturated carbocycles. The first kappa shape index (κ1) is 24.7. The summed E-state index contributed by atoms with van der Waals surface area (Å²) in [6, 6.07) is 0.274. The van der Waals surface area contributed by atoms with E-state index < -0.39 is 15.8 Å². The minimum Gasteiger partial charge on any atom is -0.329 e. The summed E-state index contributed by atoms with van der Waals surface area (Å²) in [5, 5.41) is 6.80. The minimum absolute atomic E-state index is 0.00627. The van der Waals surface area contributed by atoms with Gasteiger partial charge in [0.25, 0.3) is 0 Å². The van der Waals surface area contributed by atoms with E-state index >= 15 is 0 Å². The SMILES string of the molecule is CC(NCCCSCCCNC(C)C(C)(C)S(=O)O)C(C)(C)SO. The van der Waals surface area contributed by atoms with Crippen LogP contribution in [0.3, 0.4) is 0 Å². The summed E-state index contributed by atoms with van der Waals surface area (Å²) in [7, 11) is 0. The largest absolute Gasteiger partial charge is 0.329 e. The van der Waals surface area contributed by atoms with Crippen molar-refractivity contribution in [2.75, 3.05) is 24.6 Å². The van der Waals surface area contributed by atoms with Gasteiger partial charge in [-0.3, -0.25) is 0 Å². The zero-order chi connectivity index (χ0) is 18.8. The average Bonchev–Trinajstić information content (AvgIpc) is 2.52. The van der Waals surface area contributed by atoms with Crippen molar-refractivity contribution in [1.82, 2.24) is 10.6 Å². The van der Waals surface area contributed by atoms with Crippen LogP contribution < -0.4 is 10.6 Å². The molecule has 0 bridgehead atoms. The molecule has 0 fully saturated rings. The van der Waals surface area contributed by atoms with Gasteiger partial charge in [0.2, 0.25) is 0 Å². The summed E-state index contributed by atoms with van der Waals surface area (Å²) in [4.78, 5) is 0. The van der Waals surface area contributed by atoms with Crippen LogP contribution in [0, 0.1) is 0 Å². The van der Waals surface area contributed by atoms with Crippen molar-refractivity contribution in [3.8, 4) is 0 Å². The quantitative estimate of drug-likeness (QED) is 0.202. The molecule has 0 aliphatic carbocycles. The Morgan fingerprint density at radius 2 is 1.46 bits per heavy atom. The van der Waals surface area contributed by atoms with E-state index in [9.17, 15) is 13.3 Å². The Kier molecular flexibility index (Phi) is 12.5. The Labute approximate surface area is 159 Å². The minimum atomic E-state index is -1.82. The van der Waals surface area contributed by atoms with Crippen molar-refractivity contribution in [2.45, 2.75) is 76.0 Å². The molecule has 0 aromatic carbocycles. The van der Waals surface area contributed by atoms with E-state index in [2.05, 4.69) is 17.6 Å². The third-order valence-electron chi connectivity index (χ3n) is 4.60. The Bertz CT molecular complexity index is 368. The molecule has 0 aliphatic heterocycles. The lowest BCUT2D eigenvalue weighted by Gasteiger charge is -2.29. The molecule has 0 amide bonds. The van der Waals surface area contributed by atoms with Gasteiger partial charge in [-0.1, -0.05) is 0 Å². The zero-order valence-corrected chi connectivity index (χ0v) is 18.4. The lowest BCUT2D eigenvalue weighted by atomic mass is 10.1. The Morgan fingerprint density at radius 3 is 1.88 bits per heavy atom. The highest BCUT2D eigenvalue weighted by atomic mass is 32.2. The Morgan fingerprint density at radius 1 is 1.00 bits per heavy atom. The summed E-state index contributed by atoms with van der Waals surface area (Å²) < 4.78 is 29.0. The second-order valence-corrected chi connectivity index (χ2v) is 11.2. The summed E-state index contributed by atoms with van der Waals surface area (Å²) in [6.07, 6.45) is 2.17. The van der Waals surface area contributed by atoms with Gasteiger partial charge in [-0.25, -0.2) is 4.21 Å². The fourth-order valence-electron chi connectivity index (χ4n) is 1.81. The van der Waals surface area contributed by atoms with Gasteiger partial charge >= 0.3 is 0 Å². The molecule has 24 heavy (non-hydrogen) atoms. The third-order valence-corrected chi connectivity index (χ3v) is 7.84. The van der Waals surface area contributed by atoms with Gasteiger partial charge in [0.1, 0.15) is 0 Å². The van der Waals surface area contributed by atoms with Crippen LogP contribution in [0.1, 0.15) is 54.4 Å². The zero-order valence-electron chi connectivity index (χ0n) is 15.9. The van der Waals surface area contributed by atoms with Gasteiger partial charge in [0.05, 0.1) is 9.49 Å². The first-order valence-electron chi connectivity index (χ1n) is 8.53. The molecule has 146 valence electrons. The molecule has 3 atom stereocenters. The van der Waals surface area contributed by atoms with E-state index in [-0.39, 0.29) is 16.8 Å². The molecule has 0 aromatic rings. The monoisotopic (exact) mass is 400 g/mol. The smallest absolute Gasteiger partial charge is 0.160 e. The van der Waals surface area contributed by atoms with Crippen molar-refractivity contribution >= 4 is 34.9 Å². The predicted octanol–water partition coefficient (Wildman–Crippen LogP) is 3.44. The van der Waals surface area contributed by atoms with Crippen molar-refractivity contribution in [3.05, 3.63) is 0 Å². The van der Waals surface area contributed by atoms with Crippen LogP contribution in [0.25, 0.3) is 0 Å². The molecule has 0 rings (SSSR count). The van der Waals surface area contributed by atoms with E-state index in [1.807, 2.05) is 32.5 Å². The van der Waals surface area contributed by atoms with Crippen LogP contribution in [-0.2, 0) is 11.1 Å². The summed E-state index contributed by atoms with van der Waals surface area (Å²) in [5.74, 6) is 2.21. The highest BCUT2D eigenvalue weighted by molar-refractivity contribution is 7.99. The van der Waals surface area contributed by atoms with Crippen LogP contribution in [0.4, 0.5) is 0 Å². The molecular formula is C16H36N2O3S3. The van der Waals surface area contributed by atoms with Crippen LogP contribution >= 0.6 is 23.8 Å². The highest BCUT2D eigenvalue weighted by Crippen LogP contribution is 2.24. The molecular weight excluding hydrogens is 364 g/mol. The highest BCUT2D eigenvalue weighted by Gasteiger charge is 2.31. The summed E-state index contributed by atoms with van der Waals surface area (Å²) in [6.45, 7) is 13.6. The number of hydrogen-bond donors (Lipinski definition) is 4. The predicted molar refractivity (Wildman–Crippen MR) is 111 cm³/mol. The molecule has 0 aromatic heterocycles. The number of nitrogens with one attached hydrogen (secondary N) is 2. The van der Waals surface area contributed by atoms with Gasteiger partial charge in [0, 0.05) is 12.1 Å². The van der Waals surface area contributed by atoms with Gasteiger partial charge < -0.3 is 19.7 Å². The summed E-state index contributed by atoms with van der Waals surface area (Å²) in [5.41, 5.74) is 0. The van der Waals surface area contributed by atoms with Gasteiger partial charge in [-0.05, 0) is 91.0 Å². The molecule has 5 nitrogen and oxygen atoms in total. The fraction of sp³-hybridized carbons (Fsp3) is 1.00. The molecule has 0 aliphatic rings. The van der Waals surface area contributed by atoms with Gasteiger partial charge in [-0.2, -0.15) is 11.8 Å². The average molecular weight is 401 g/mol. The molecule has 0 spiro atoms. The second-order valence-electron chi connectivity index (χ2n) is 7.22. The molecule has 0 radical (unpaired) electrons. The summed E-state index contributed by atoms with van der Waals surface area (Å²) >= 11 is 1.03. The maximum Gasteiger partial charge on any atom is 0.160 e. The number of thioether (sulfide) groups is 1. The van der Waals surface area contributed by atoms with E-state index in [4.69, 9.17) is 0 Å². The van der Waals surface area contributed by atoms with Crippen LogP contribution in [0.5, 0.6) is 0 Å². The van der Waals surface area contributed by atoms with E-state index in [0.717, 1.165) is 49.5 Å². The van der Waals surface area contributed by atoms with Crippen molar-refractivity contribution in [3.63, 3.8) is 0 Å². The lowest BCUT2D eigenvalue weighted by molar-refractivity contribution is 0.421. The maximum atomic E-state index is 11.3. The standard InChI is InChI=1S/C16H36N2O3S3/c1-13(15(3,4)23-19)17-9-7-11-22-12-8-10-18-14(2)16(5,6)24(20)21/h13-14,17-19H,7-12H2,1-6H3,(H,20,21). The van der Waals surface area contributed by atoms with Crippen molar-refractivity contribution in [2.24, 2.45) is 0 Å². The van der Waals surface area contributed by atoms with Crippen molar-refractivity contribution < 1.29 is 13.3 Å². The molecule has 0 heterocycles. The molecule has 0 saturated heterocycles. The molecule has 3 unspecified atom stereocenters. The first-order chi connectivity index (χ1) is 11.1. The molecule has 4 N–H and O–H groups in total. The van der Waals surface area contributed by atoms with Gasteiger partial charge in [-0.15, -0.1) is 0 Å². The van der Waals surface area contributed by atoms with Crippen LogP contribution in [-0.4, -0.2) is 59.5 Å². The molecule has 8 heteroatoms. The van der Waals surface area contributed by atoms with Crippen molar-refractivity contribution in [1.29, 1.82) is 0 Å². The maximum absolute atomic E-state index is 11.3. The first-order valence-corrected chi connectivity index (χ1v) is 11.6. The van der Waals surface area contributed by atoms with E-state index in [1.165, 1.54) is 0 Å². The van der Waals surface area contributed by atoms with Crippen LogP contribution in [0.2, 0.25) is 0 Å². The Balaban J connectivity index is 3.61. The lowest BCUT2D eigenvalue weighted by Crippen LogP contribution is -2.47. The van der Waals surface area contributed by atoms with Gasteiger partial charge in [0.15, 0.2) is 11.1 Å². The second kappa shape index (κ2) is 12.1. The van der Waals surface area contributed by atoms with E-state index in [1.54, 1.807) is 13.8 Å². The third kappa shape index (κ3) is 9.40. The fourth-order valence-corrected chi connectivity index (χ4v) is 3.34. The van der Waals surface area contributed by atoms with Crippen LogP contribution in [0.15, 0.2) is 0 Å². The number of hydrogen-bond acceptors (Lipinski definition) is 6.